The molecule has 60 valence electrons. The van der Waals surface area contributed by atoms with Gasteiger partial charge in [0.1, 0.15) is 5.75 Å². The molecular formula is C9H13NO. The van der Waals surface area contributed by atoms with Gasteiger partial charge in [-0.15, -0.1) is 0 Å². The standard InChI is InChI=1S/C9H13NO/c1-2-8-4-3-7(6-10)5-9(8)11/h3-5,11H,2,6,10H2,1H3. The van der Waals surface area contributed by atoms with Crippen LogP contribution in [-0.4, -0.2) is 5.11 Å². The topological polar surface area (TPSA) is 46.2 Å². The molecule has 0 spiro atoms. The smallest absolute Gasteiger partial charge is 0.119 e. The van der Waals surface area contributed by atoms with Gasteiger partial charge in [-0.1, -0.05) is 19.1 Å². The van der Waals surface area contributed by atoms with Crippen molar-refractivity contribution in [3.8, 4) is 5.75 Å². The summed E-state index contributed by atoms with van der Waals surface area (Å²) in [5, 5.41) is 9.37. The van der Waals surface area contributed by atoms with Crippen molar-refractivity contribution in [2.75, 3.05) is 0 Å². The Bertz CT molecular complexity index is 245. The van der Waals surface area contributed by atoms with Crippen LogP contribution in [0.5, 0.6) is 5.75 Å². The summed E-state index contributed by atoms with van der Waals surface area (Å²) in [5.41, 5.74) is 7.35. The first-order valence-corrected chi connectivity index (χ1v) is 3.78. The lowest BCUT2D eigenvalue weighted by Gasteiger charge is -2.02. The maximum atomic E-state index is 9.37. The molecule has 0 unspecified atom stereocenters. The van der Waals surface area contributed by atoms with E-state index in [9.17, 15) is 5.11 Å². The number of phenolic OH excluding ortho intramolecular Hbond substituents is 1. The molecule has 1 rings (SSSR count). The zero-order valence-electron chi connectivity index (χ0n) is 6.67. The van der Waals surface area contributed by atoms with E-state index in [1.807, 2.05) is 19.1 Å². The molecule has 0 amide bonds. The van der Waals surface area contributed by atoms with Crippen LogP contribution in [0.15, 0.2) is 18.2 Å². The van der Waals surface area contributed by atoms with Crippen LogP contribution in [0.1, 0.15) is 18.1 Å². The summed E-state index contributed by atoms with van der Waals surface area (Å²) in [7, 11) is 0. The Labute approximate surface area is 66.7 Å². The number of benzene rings is 1. The van der Waals surface area contributed by atoms with Crippen molar-refractivity contribution >= 4 is 0 Å². The van der Waals surface area contributed by atoms with Crippen molar-refractivity contribution in [3.05, 3.63) is 29.3 Å². The fourth-order valence-corrected chi connectivity index (χ4v) is 1.04. The van der Waals surface area contributed by atoms with E-state index in [0.29, 0.717) is 12.3 Å². The van der Waals surface area contributed by atoms with Gasteiger partial charge in [0.25, 0.3) is 0 Å². The zero-order chi connectivity index (χ0) is 8.27. The average molecular weight is 151 g/mol. The Hall–Kier alpha value is -1.02. The van der Waals surface area contributed by atoms with Crippen LogP contribution in [0.25, 0.3) is 0 Å². The lowest BCUT2D eigenvalue weighted by atomic mass is 10.1. The zero-order valence-corrected chi connectivity index (χ0v) is 6.67. The van der Waals surface area contributed by atoms with E-state index in [1.165, 1.54) is 0 Å². The second kappa shape index (κ2) is 3.39. The molecule has 11 heavy (non-hydrogen) atoms. The van der Waals surface area contributed by atoms with Gasteiger partial charge in [0.05, 0.1) is 0 Å². The third-order valence-corrected chi connectivity index (χ3v) is 1.77. The van der Waals surface area contributed by atoms with Crippen LogP contribution in [0.2, 0.25) is 0 Å². The number of nitrogens with two attached hydrogens (primary N) is 1. The second-order valence-corrected chi connectivity index (χ2v) is 2.52. The molecule has 2 nitrogen and oxygen atoms in total. The summed E-state index contributed by atoms with van der Waals surface area (Å²) < 4.78 is 0. The summed E-state index contributed by atoms with van der Waals surface area (Å²) >= 11 is 0. The lowest BCUT2D eigenvalue weighted by molar-refractivity contribution is 0.468. The first-order valence-electron chi connectivity index (χ1n) is 3.78. The van der Waals surface area contributed by atoms with E-state index in [2.05, 4.69) is 0 Å². The quantitative estimate of drug-likeness (QED) is 0.671. The molecule has 0 aromatic heterocycles. The van der Waals surface area contributed by atoms with Crippen molar-refractivity contribution in [1.29, 1.82) is 0 Å². The molecule has 0 radical (unpaired) electrons. The summed E-state index contributed by atoms with van der Waals surface area (Å²) in [6.45, 7) is 2.49. The fraction of sp³-hybridized carbons (Fsp3) is 0.333. The summed E-state index contributed by atoms with van der Waals surface area (Å²) in [6, 6.07) is 5.58. The predicted molar refractivity (Wildman–Crippen MR) is 45.4 cm³/mol. The highest BCUT2D eigenvalue weighted by atomic mass is 16.3. The maximum Gasteiger partial charge on any atom is 0.119 e. The van der Waals surface area contributed by atoms with E-state index in [-0.39, 0.29) is 0 Å². The van der Waals surface area contributed by atoms with Crippen molar-refractivity contribution < 1.29 is 5.11 Å². The number of aromatic hydroxyl groups is 1. The molecule has 0 aliphatic carbocycles. The molecule has 0 bridgehead atoms. The minimum absolute atomic E-state index is 0.357. The van der Waals surface area contributed by atoms with E-state index >= 15 is 0 Å². The summed E-state index contributed by atoms with van der Waals surface area (Å²) in [4.78, 5) is 0. The van der Waals surface area contributed by atoms with Crippen molar-refractivity contribution in [3.63, 3.8) is 0 Å². The normalized spacial score (nSPS) is 10.0. The van der Waals surface area contributed by atoms with Crippen LogP contribution in [-0.2, 0) is 13.0 Å². The summed E-state index contributed by atoms with van der Waals surface area (Å²) in [5.74, 6) is 0.357. The highest BCUT2D eigenvalue weighted by Gasteiger charge is 1.98. The van der Waals surface area contributed by atoms with Crippen LogP contribution < -0.4 is 5.73 Å². The first-order chi connectivity index (χ1) is 5.27. The second-order valence-electron chi connectivity index (χ2n) is 2.52. The SMILES string of the molecule is CCc1ccc(CN)cc1O. The van der Waals surface area contributed by atoms with Crippen molar-refractivity contribution in [2.45, 2.75) is 19.9 Å². The Morgan fingerprint density at radius 2 is 2.18 bits per heavy atom. The number of hydrogen-bond donors (Lipinski definition) is 2. The van der Waals surface area contributed by atoms with Crippen LogP contribution in [0.4, 0.5) is 0 Å². The third kappa shape index (κ3) is 1.71. The predicted octanol–water partition coefficient (Wildman–Crippen LogP) is 1.41. The molecule has 1 aromatic rings. The van der Waals surface area contributed by atoms with Crippen molar-refractivity contribution in [1.82, 2.24) is 0 Å². The Morgan fingerprint density at radius 1 is 1.45 bits per heavy atom. The van der Waals surface area contributed by atoms with E-state index in [0.717, 1.165) is 17.5 Å². The molecule has 1 aromatic carbocycles. The van der Waals surface area contributed by atoms with E-state index in [4.69, 9.17) is 5.73 Å². The molecule has 0 aliphatic heterocycles. The van der Waals surface area contributed by atoms with Gasteiger partial charge < -0.3 is 10.8 Å². The third-order valence-electron chi connectivity index (χ3n) is 1.77. The highest BCUT2D eigenvalue weighted by Crippen LogP contribution is 2.18. The molecule has 0 fully saturated rings. The number of rotatable bonds is 2. The minimum atomic E-state index is 0.357. The van der Waals surface area contributed by atoms with Gasteiger partial charge in [-0.3, -0.25) is 0 Å². The molecule has 0 atom stereocenters. The fourth-order valence-electron chi connectivity index (χ4n) is 1.04. The minimum Gasteiger partial charge on any atom is -0.508 e. The van der Waals surface area contributed by atoms with Gasteiger partial charge in [-0.05, 0) is 23.6 Å². The van der Waals surface area contributed by atoms with Crippen LogP contribution in [0.3, 0.4) is 0 Å². The molecule has 0 heterocycles. The Morgan fingerprint density at radius 3 is 2.64 bits per heavy atom. The first kappa shape index (κ1) is 8.08. The Kier molecular flexibility index (Phi) is 2.49. The number of hydrogen-bond acceptors (Lipinski definition) is 2. The Balaban J connectivity index is 2.99. The van der Waals surface area contributed by atoms with Gasteiger partial charge in [0.15, 0.2) is 0 Å². The maximum absolute atomic E-state index is 9.37. The summed E-state index contributed by atoms with van der Waals surface area (Å²) in [6.07, 6.45) is 0.858. The van der Waals surface area contributed by atoms with Gasteiger partial charge in [0.2, 0.25) is 0 Å². The highest BCUT2D eigenvalue weighted by molar-refractivity contribution is 5.36. The largest absolute Gasteiger partial charge is 0.508 e. The molecule has 2 heteroatoms. The van der Waals surface area contributed by atoms with Gasteiger partial charge in [-0.25, -0.2) is 0 Å². The number of phenols is 1. The molecule has 0 aliphatic rings. The van der Waals surface area contributed by atoms with Gasteiger partial charge >= 0.3 is 0 Å². The van der Waals surface area contributed by atoms with Crippen LogP contribution >= 0.6 is 0 Å². The van der Waals surface area contributed by atoms with E-state index in [1.54, 1.807) is 6.07 Å². The molecule has 0 saturated heterocycles. The molecule has 3 N–H and O–H groups in total. The molecular weight excluding hydrogens is 138 g/mol. The van der Waals surface area contributed by atoms with Gasteiger partial charge in [-0.2, -0.15) is 0 Å². The molecule has 0 saturated carbocycles. The van der Waals surface area contributed by atoms with Gasteiger partial charge in [0, 0.05) is 6.54 Å². The number of aryl methyl sites for hydroxylation is 1. The van der Waals surface area contributed by atoms with E-state index < -0.39 is 0 Å². The van der Waals surface area contributed by atoms with Crippen LogP contribution in [0, 0.1) is 0 Å². The lowest BCUT2D eigenvalue weighted by Crippen LogP contribution is -1.96. The average Bonchev–Trinajstić information content (AvgIpc) is 2.04. The van der Waals surface area contributed by atoms with Crippen molar-refractivity contribution in [2.24, 2.45) is 5.73 Å². The monoisotopic (exact) mass is 151 g/mol.